The van der Waals surface area contributed by atoms with E-state index in [1.54, 1.807) is 12.0 Å². The highest BCUT2D eigenvalue weighted by atomic mass is 16.5. The first-order chi connectivity index (χ1) is 14.5. The van der Waals surface area contributed by atoms with Crippen molar-refractivity contribution in [2.75, 3.05) is 24.3 Å². The Morgan fingerprint density at radius 2 is 1.83 bits per heavy atom. The fourth-order valence-corrected chi connectivity index (χ4v) is 3.78. The molecule has 4 rings (SSSR count). The SMILES string of the molecule is COc1ccc(C2CC(=O)N(c3cccc(N)c3)C2)cc1OCc1ccc(C)cc1. The highest BCUT2D eigenvalue weighted by Crippen LogP contribution is 2.37. The van der Waals surface area contributed by atoms with E-state index in [-0.39, 0.29) is 11.8 Å². The third kappa shape index (κ3) is 4.25. The monoisotopic (exact) mass is 402 g/mol. The predicted molar refractivity (Wildman–Crippen MR) is 119 cm³/mol. The molecule has 0 saturated carbocycles. The van der Waals surface area contributed by atoms with Gasteiger partial charge in [0.2, 0.25) is 5.91 Å². The number of carbonyl (C=O) groups excluding carboxylic acids is 1. The zero-order valence-corrected chi connectivity index (χ0v) is 17.3. The molecule has 1 amide bonds. The van der Waals surface area contributed by atoms with E-state index < -0.39 is 0 Å². The van der Waals surface area contributed by atoms with Gasteiger partial charge in [0.05, 0.1) is 7.11 Å². The third-order valence-corrected chi connectivity index (χ3v) is 5.48. The summed E-state index contributed by atoms with van der Waals surface area (Å²) in [6.45, 7) is 3.14. The summed E-state index contributed by atoms with van der Waals surface area (Å²) >= 11 is 0. The van der Waals surface area contributed by atoms with E-state index in [1.807, 2.05) is 42.5 Å². The van der Waals surface area contributed by atoms with Gasteiger partial charge >= 0.3 is 0 Å². The molecule has 1 fully saturated rings. The zero-order valence-electron chi connectivity index (χ0n) is 17.3. The average molecular weight is 402 g/mol. The molecule has 0 aliphatic carbocycles. The molecular weight excluding hydrogens is 376 g/mol. The molecule has 5 heteroatoms. The second-order valence-electron chi connectivity index (χ2n) is 7.68. The van der Waals surface area contributed by atoms with Crippen molar-refractivity contribution in [3.05, 3.63) is 83.4 Å². The van der Waals surface area contributed by atoms with Gasteiger partial charge in [-0.2, -0.15) is 0 Å². The van der Waals surface area contributed by atoms with E-state index in [1.165, 1.54) is 5.56 Å². The molecule has 1 heterocycles. The molecule has 1 aliphatic heterocycles. The lowest BCUT2D eigenvalue weighted by Crippen LogP contribution is -2.24. The first kappa shape index (κ1) is 19.8. The third-order valence-electron chi connectivity index (χ3n) is 5.48. The minimum Gasteiger partial charge on any atom is -0.493 e. The van der Waals surface area contributed by atoms with Gasteiger partial charge in [0, 0.05) is 30.3 Å². The van der Waals surface area contributed by atoms with Crippen LogP contribution in [0.4, 0.5) is 11.4 Å². The van der Waals surface area contributed by atoms with E-state index >= 15 is 0 Å². The predicted octanol–water partition coefficient (Wildman–Crippen LogP) is 4.69. The van der Waals surface area contributed by atoms with E-state index in [4.69, 9.17) is 15.2 Å². The van der Waals surface area contributed by atoms with Crippen molar-refractivity contribution in [3.8, 4) is 11.5 Å². The molecule has 1 aliphatic rings. The van der Waals surface area contributed by atoms with Crippen LogP contribution in [0.25, 0.3) is 0 Å². The number of hydrogen-bond acceptors (Lipinski definition) is 4. The average Bonchev–Trinajstić information content (AvgIpc) is 3.15. The lowest BCUT2D eigenvalue weighted by molar-refractivity contribution is -0.117. The van der Waals surface area contributed by atoms with E-state index in [0.29, 0.717) is 36.8 Å². The summed E-state index contributed by atoms with van der Waals surface area (Å²) in [6, 6.07) is 21.6. The first-order valence-electron chi connectivity index (χ1n) is 10.1. The van der Waals surface area contributed by atoms with Crippen LogP contribution in [0, 0.1) is 6.92 Å². The van der Waals surface area contributed by atoms with Crippen LogP contribution in [0.1, 0.15) is 29.0 Å². The van der Waals surface area contributed by atoms with Gasteiger partial charge in [-0.15, -0.1) is 0 Å². The van der Waals surface area contributed by atoms with Crippen molar-refractivity contribution in [3.63, 3.8) is 0 Å². The highest BCUT2D eigenvalue weighted by Gasteiger charge is 2.32. The van der Waals surface area contributed by atoms with Crippen molar-refractivity contribution in [2.45, 2.75) is 25.9 Å². The number of nitrogens with two attached hydrogens (primary N) is 1. The Morgan fingerprint density at radius 1 is 1.03 bits per heavy atom. The molecule has 2 N–H and O–H groups in total. The summed E-state index contributed by atoms with van der Waals surface area (Å²) in [5.41, 5.74) is 10.8. The number of carbonyl (C=O) groups is 1. The van der Waals surface area contributed by atoms with Crippen LogP contribution in [0.2, 0.25) is 0 Å². The Hall–Kier alpha value is -3.47. The molecule has 154 valence electrons. The number of benzene rings is 3. The zero-order chi connectivity index (χ0) is 21.1. The Labute approximate surface area is 177 Å². The summed E-state index contributed by atoms with van der Waals surface area (Å²) in [5.74, 6) is 1.56. The molecular formula is C25H26N2O3. The minimum atomic E-state index is 0.0894. The molecule has 3 aromatic rings. The summed E-state index contributed by atoms with van der Waals surface area (Å²) in [4.78, 5) is 14.4. The largest absolute Gasteiger partial charge is 0.493 e. The number of hydrogen-bond donors (Lipinski definition) is 1. The molecule has 30 heavy (non-hydrogen) atoms. The van der Waals surface area contributed by atoms with Gasteiger partial charge < -0.3 is 20.1 Å². The number of rotatable bonds is 6. The Morgan fingerprint density at radius 3 is 2.57 bits per heavy atom. The maximum Gasteiger partial charge on any atom is 0.227 e. The maximum atomic E-state index is 12.6. The van der Waals surface area contributed by atoms with Crippen LogP contribution in [0.5, 0.6) is 11.5 Å². The molecule has 0 aromatic heterocycles. The van der Waals surface area contributed by atoms with Crippen LogP contribution in [0.3, 0.4) is 0 Å². The number of nitrogen functional groups attached to an aromatic ring is 1. The molecule has 1 unspecified atom stereocenters. The first-order valence-corrected chi connectivity index (χ1v) is 10.1. The number of amides is 1. The Bertz CT molecular complexity index is 1050. The second-order valence-corrected chi connectivity index (χ2v) is 7.68. The van der Waals surface area contributed by atoms with Gasteiger partial charge in [-0.3, -0.25) is 4.79 Å². The number of anilines is 2. The summed E-state index contributed by atoms with van der Waals surface area (Å²) in [7, 11) is 1.63. The summed E-state index contributed by atoms with van der Waals surface area (Å²) in [6.07, 6.45) is 0.457. The van der Waals surface area contributed by atoms with Crippen LogP contribution in [-0.4, -0.2) is 19.6 Å². The summed E-state index contributed by atoms with van der Waals surface area (Å²) in [5, 5.41) is 0. The lowest BCUT2D eigenvalue weighted by atomic mass is 9.98. The van der Waals surface area contributed by atoms with Gasteiger partial charge in [-0.25, -0.2) is 0 Å². The molecule has 0 radical (unpaired) electrons. The fraction of sp³-hybridized carbons (Fsp3) is 0.240. The van der Waals surface area contributed by atoms with Crippen molar-refractivity contribution in [1.29, 1.82) is 0 Å². The second kappa shape index (κ2) is 8.49. The smallest absolute Gasteiger partial charge is 0.227 e. The van der Waals surface area contributed by atoms with Crippen LogP contribution >= 0.6 is 0 Å². The van der Waals surface area contributed by atoms with Crippen molar-refractivity contribution >= 4 is 17.3 Å². The molecule has 0 bridgehead atoms. The molecule has 0 spiro atoms. The normalized spacial score (nSPS) is 16.0. The van der Waals surface area contributed by atoms with Gasteiger partial charge in [0.25, 0.3) is 0 Å². The molecule has 5 nitrogen and oxygen atoms in total. The van der Waals surface area contributed by atoms with Crippen LogP contribution in [0.15, 0.2) is 66.7 Å². The molecule has 3 aromatic carbocycles. The summed E-state index contributed by atoms with van der Waals surface area (Å²) < 4.78 is 11.5. The molecule has 1 atom stereocenters. The number of nitrogens with zero attached hydrogens (tertiary/aromatic N) is 1. The van der Waals surface area contributed by atoms with Gasteiger partial charge in [-0.1, -0.05) is 42.0 Å². The maximum absolute atomic E-state index is 12.6. The Balaban J connectivity index is 1.52. The fourth-order valence-electron chi connectivity index (χ4n) is 3.78. The van der Waals surface area contributed by atoms with Gasteiger partial charge in [-0.05, 0) is 48.4 Å². The highest BCUT2D eigenvalue weighted by molar-refractivity contribution is 5.96. The Kier molecular flexibility index (Phi) is 5.61. The number of methoxy groups -OCH3 is 1. The standard InChI is InChI=1S/C25H26N2O3/c1-17-6-8-18(9-7-17)16-30-24-12-19(10-11-23(24)29-2)20-13-25(28)27(15-20)22-5-3-4-21(26)14-22/h3-12,14,20H,13,15-16,26H2,1-2H3. The van der Waals surface area contributed by atoms with Crippen LogP contribution < -0.4 is 20.1 Å². The van der Waals surface area contributed by atoms with E-state index in [0.717, 1.165) is 16.8 Å². The van der Waals surface area contributed by atoms with Gasteiger partial charge in [0.1, 0.15) is 6.61 Å². The van der Waals surface area contributed by atoms with Crippen molar-refractivity contribution in [2.24, 2.45) is 0 Å². The number of aryl methyl sites for hydroxylation is 1. The number of ether oxygens (including phenoxy) is 2. The van der Waals surface area contributed by atoms with Crippen molar-refractivity contribution in [1.82, 2.24) is 0 Å². The van der Waals surface area contributed by atoms with E-state index in [2.05, 4.69) is 31.2 Å². The van der Waals surface area contributed by atoms with E-state index in [9.17, 15) is 4.79 Å². The van der Waals surface area contributed by atoms with Crippen LogP contribution in [-0.2, 0) is 11.4 Å². The van der Waals surface area contributed by atoms with Crippen molar-refractivity contribution < 1.29 is 14.3 Å². The van der Waals surface area contributed by atoms with Gasteiger partial charge in [0.15, 0.2) is 11.5 Å². The lowest BCUT2D eigenvalue weighted by Gasteiger charge is -2.18. The minimum absolute atomic E-state index is 0.0894. The topological polar surface area (TPSA) is 64.8 Å². The quantitative estimate of drug-likeness (QED) is 0.608. The molecule has 1 saturated heterocycles.